The maximum Gasteiger partial charge on any atom is 0.573 e. The minimum Gasteiger partial charge on any atom is -0.406 e. The second-order valence-corrected chi connectivity index (χ2v) is 4.90. The Hall–Kier alpha value is -2.47. The fraction of sp³-hybridized carbons (Fsp3) is 0.0625. The third kappa shape index (κ3) is 6.04. The van der Waals surface area contributed by atoms with Gasteiger partial charge >= 0.3 is 6.36 Å². The first-order valence-corrected chi connectivity index (χ1v) is 6.83. The molecule has 2 rings (SSSR count). The Kier molecular flexibility index (Phi) is 5.28. The SMILES string of the molecule is NC(/C=C/c1ccc(OC(F)(F)F)cc1)=Nc1ccc(Cl)cc1. The van der Waals surface area contributed by atoms with Crippen molar-refractivity contribution in [1.29, 1.82) is 0 Å². The van der Waals surface area contributed by atoms with Gasteiger partial charge in [-0.25, -0.2) is 4.99 Å². The van der Waals surface area contributed by atoms with Gasteiger partial charge in [-0.3, -0.25) is 0 Å². The molecule has 2 aromatic rings. The van der Waals surface area contributed by atoms with Gasteiger partial charge in [0.1, 0.15) is 11.6 Å². The van der Waals surface area contributed by atoms with Crippen LogP contribution in [-0.2, 0) is 0 Å². The molecule has 7 heteroatoms. The first kappa shape index (κ1) is 16.9. The number of aliphatic imine (C=N–C) groups is 1. The van der Waals surface area contributed by atoms with Crippen LogP contribution in [-0.4, -0.2) is 12.2 Å². The third-order valence-electron chi connectivity index (χ3n) is 2.65. The number of nitrogens with two attached hydrogens (primary N) is 1. The van der Waals surface area contributed by atoms with Crippen molar-refractivity contribution in [1.82, 2.24) is 0 Å². The highest BCUT2D eigenvalue weighted by Gasteiger charge is 2.30. The number of nitrogens with zero attached hydrogens (tertiary/aromatic N) is 1. The summed E-state index contributed by atoms with van der Waals surface area (Å²) in [5.74, 6) is -0.0274. The summed E-state index contributed by atoms with van der Waals surface area (Å²) in [6.45, 7) is 0. The van der Waals surface area contributed by atoms with Gasteiger partial charge in [-0.1, -0.05) is 29.8 Å². The maximum atomic E-state index is 12.1. The molecule has 0 bridgehead atoms. The van der Waals surface area contributed by atoms with Crippen molar-refractivity contribution in [2.24, 2.45) is 10.7 Å². The molecule has 120 valence electrons. The van der Waals surface area contributed by atoms with E-state index in [0.29, 0.717) is 16.3 Å². The number of halogens is 4. The van der Waals surface area contributed by atoms with Crippen LogP contribution in [0.15, 0.2) is 59.6 Å². The summed E-state index contributed by atoms with van der Waals surface area (Å²) in [7, 11) is 0. The zero-order valence-corrected chi connectivity index (χ0v) is 12.5. The van der Waals surface area contributed by atoms with Crippen molar-refractivity contribution >= 4 is 29.2 Å². The average Bonchev–Trinajstić information content (AvgIpc) is 2.47. The van der Waals surface area contributed by atoms with Gasteiger partial charge in [0.05, 0.1) is 5.69 Å². The van der Waals surface area contributed by atoms with Crippen LogP contribution in [0.1, 0.15) is 5.56 Å². The van der Waals surface area contributed by atoms with Crippen LogP contribution >= 0.6 is 11.6 Å². The summed E-state index contributed by atoms with van der Waals surface area (Å²) in [5, 5.41) is 0.597. The number of ether oxygens (including phenoxy) is 1. The molecule has 0 amide bonds. The van der Waals surface area contributed by atoms with Crippen LogP contribution in [0.3, 0.4) is 0 Å². The van der Waals surface area contributed by atoms with E-state index in [1.165, 1.54) is 24.3 Å². The summed E-state index contributed by atoms with van der Waals surface area (Å²) < 4.78 is 39.9. The number of amidine groups is 1. The summed E-state index contributed by atoms with van der Waals surface area (Å²) in [6, 6.07) is 12.2. The summed E-state index contributed by atoms with van der Waals surface area (Å²) in [5.41, 5.74) is 7.07. The highest BCUT2D eigenvalue weighted by atomic mass is 35.5. The van der Waals surface area contributed by atoms with E-state index in [1.807, 2.05) is 0 Å². The molecule has 3 nitrogen and oxygen atoms in total. The fourth-order valence-corrected chi connectivity index (χ4v) is 1.79. The Morgan fingerprint density at radius 3 is 2.22 bits per heavy atom. The first-order valence-electron chi connectivity index (χ1n) is 6.45. The standard InChI is InChI=1S/C16H12ClF3N2O/c17-12-4-6-13(7-5-12)22-15(21)10-3-11-1-8-14(9-2-11)23-16(18,19)20/h1-10H,(H2,21,22)/b10-3+. The quantitative estimate of drug-likeness (QED) is 0.633. The van der Waals surface area contributed by atoms with E-state index < -0.39 is 6.36 Å². The minimum absolute atomic E-state index is 0.253. The topological polar surface area (TPSA) is 47.6 Å². The van der Waals surface area contributed by atoms with Crippen molar-refractivity contribution in [3.05, 3.63) is 65.2 Å². The lowest BCUT2D eigenvalue weighted by Crippen LogP contribution is -2.16. The van der Waals surface area contributed by atoms with Gasteiger partial charge in [-0.2, -0.15) is 0 Å². The van der Waals surface area contributed by atoms with Crippen molar-refractivity contribution in [3.63, 3.8) is 0 Å². The van der Waals surface area contributed by atoms with E-state index >= 15 is 0 Å². The molecule has 0 radical (unpaired) electrons. The molecule has 2 N–H and O–H groups in total. The highest BCUT2D eigenvalue weighted by molar-refractivity contribution is 6.30. The molecule has 0 aromatic heterocycles. The van der Waals surface area contributed by atoms with Crippen molar-refractivity contribution < 1.29 is 17.9 Å². The third-order valence-corrected chi connectivity index (χ3v) is 2.90. The van der Waals surface area contributed by atoms with E-state index in [4.69, 9.17) is 17.3 Å². The van der Waals surface area contributed by atoms with Gasteiger partial charge < -0.3 is 10.5 Å². The molecule has 23 heavy (non-hydrogen) atoms. The molecule has 0 fully saturated rings. The second kappa shape index (κ2) is 7.19. The van der Waals surface area contributed by atoms with Crippen LogP contribution in [0.25, 0.3) is 6.08 Å². The van der Waals surface area contributed by atoms with Gasteiger partial charge in [0.15, 0.2) is 0 Å². The average molecular weight is 341 g/mol. The number of rotatable bonds is 4. The van der Waals surface area contributed by atoms with Crippen molar-refractivity contribution in [3.8, 4) is 5.75 Å². The molecule has 0 saturated carbocycles. The normalized spacial score (nSPS) is 12.6. The molecule has 0 saturated heterocycles. The molecule has 0 atom stereocenters. The van der Waals surface area contributed by atoms with Gasteiger partial charge in [-0.15, -0.1) is 13.2 Å². The van der Waals surface area contributed by atoms with E-state index in [2.05, 4.69) is 9.73 Å². The Morgan fingerprint density at radius 2 is 1.65 bits per heavy atom. The van der Waals surface area contributed by atoms with E-state index in [0.717, 1.165) is 0 Å². The first-order chi connectivity index (χ1) is 10.8. The van der Waals surface area contributed by atoms with E-state index in [1.54, 1.807) is 36.4 Å². The lowest BCUT2D eigenvalue weighted by molar-refractivity contribution is -0.274. The molecular formula is C16H12ClF3N2O. The predicted molar refractivity (Wildman–Crippen MR) is 84.9 cm³/mol. The van der Waals surface area contributed by atoms with E-state index in [9.17, 15) is 13.2 Å². The highest BCUT2D eigenvalue weighted by Crippen LogP contribution is 2.23. The fourth-order valence-electron chi connectivity index (χ4n) is 1.66. The van der Waals surface area contributed by atoms with E-state index in [-0.39, 0.29) is 11.6 Å². The van der Waals surface area contributed by atoms with Gasteiger partial charge in [0.2, 0.25) is 0 Å². The van der Waals surface area contributed by atoms with Crippen LogP contribution < -0.4 is 10.5 Å². The van der Waals surface area contributed by atoms with Crippen LogP contribution in [0.5, 0.6) is 5.75 Å². The van der Waals surface area contributed by atoms with Crippen LogP contribution in [0.4, 0.5) is 18.9 Å². The lowest BCUT2D eigenvalue weighted by Gasteiger charge is -2.08. The zero-order chi connectivity index (χ0) is 16.9. The Morgan fingerprint density at radius 1 is 1.04 bits per heavy atom. The number of benzene rings is 2. The largest absolute Gasteiger partial charge is 0.573 e. The molecule has 0 aliphatic heterocycles. The Bertz CT molecular complexity index is 708. The molecule has 0 aliphatic rings. The summed E-state index contributed by atoms with van der Waals surface area (Å²) in [6.07, 6.45) is -1.52. The monoisotopic (exact) mass is 340 g/mol. The number of hydrogen-bond acceptors (Lipinski definition) is 2. The van der Waals surface area contributed by atoms with Gasteiger partial charge in [-0.05, 0) is 48.0 Å². The van der Waals surface area contributed by atoms with Crippen molar-refractivity contribution in [2.45, 2.75) is 6.36 Å². The molecule has 0 heterocycles. The summed E-state index contributed by atoms with van der Waals surface area (Å²) in [4.78, 5) is 4.16. The van der Waals surface area contributed by atoms with Crippen LogP contribution in [0.2, 0.25) is 5.02 Å². The van der Waals surface area contributed by atoms with Gasteiger partial charge in [0, 0.05) is 5.02 Å². The molecular weight excluding hydrogens is 329 g/mol. The molecule has 0 aliphatic carbocycles. The maximum absolute atomic E-state index is 12.1. The Balaban J connectivity index is 2.03. The van der Waals surface area contributed by atoms with Crippen molar-refractivity contribution in [2.75, 3.05) is 0 Å². The lowest BCUT2D eigenvalue weighted by atomic mass is 10.2. The number of hydrogen-bond donors (Lipinski definition) is 1. The summed E-state index contributed by atoms with van der Waals surface area (Å²) >= 11 is 5.77. The van der Waals surface area contributed by atoms with Crippen LogP contribution in [0, 0.1) is 0 Å². The second-order valence-electron chi connectivity index (χ2n) is 4.46. The molecule has 2 aromatic carbocycles. The van der Waals surface area contributed by atoms with Gasteiger partial charge in [0.25, 0.3) is 0 Å². The minimum atomic E-state index is -4.70. The predicted octanol–water partition coefficient (Wildman–Crippen LogP) is 4.94. The zero-order valence-electron chi connectivity index (χ0n) is 11.7. The number of alkyl halides is 3. The molecule has 0 unspecified atom stereocenters. The Labute approximate surface area is 135 Å². The smallest absolute Gasteiger partial charge is 0.406 e. The molecule has 0 spiro atoms.